The summed E-state index contributed by atoms with van der Waals surface area (Å²) < 4.78 is 11.6. The SMILES string of the molecule is COc1ccc(CN(C)CC(=O)Nc2ccc(Br)c(C)c2)cc1OC. The van der Waals surface area contributed by atoms with Gasteiger partial charge in [0.05, 0.1) is 20.8 Å². The van der Waals surface area contributed by atoms with Crippen LogP contribution in [0, 0.1) is 6.92 Å². The largest absolute Gasteiger partial charge is 0.493 e. The van der Waals surface area contributed by atoms with Crippen LogP contribution in [0.15, 0.2) is 40.9 Å². The fourth-order valence-electron chi connectivity index (χ4n) is 2.51. The van der Waals surface area contributed by atoms with Crippen LogP contribution in [0.2, 0.25) is 0 Å². The third-order valence-corrected chi connectivity index (χ3v) is 4.65. The molecule has 0 aliphatic heterocycles. The number of aryl methyl sites for hydroxylation is 1. The molecule has 0 aromatic heterocycles. The normalized spacial score (nSPS) is 10.6. The number of ether oxygens (including phenoxy) is 2. The minimum absolute atomic E-state index is 0.0512. The van der Waals surface area contributed by atoms with Gasteiger partial charge in [0.15, 0.2) is 11.5 Å². The summed E-state index contributed by atoms with van der Waals surface area (Å²) >= 11 is 3.45. The number of anilines is 1. The first-order valence-corrected chi connectivity index (χ1v) is 8.67. The Morgan fingerprint density at radius 1 is 1.12 bits per heavy atom. The molecule has 0 saturated carbocycles. The van der Waals surface area contributed by atoms with Gasteiger partial charge in [-0.1, -0.05) is 22.0 Å². The number of carbonyl (C=O) groups excluding carboxylic acids is 1. The summed E-state index contributed by atoms with van der Waals surface area (Å²) in [6.07, 6.45) is 0. The number of benzene rings is 2. The van der Waals surface area contributed by atoms with Crippen molar-refractivity contribution in [2.45, 2.75) is 13.5 Å². The number of carbonyl (C=O) groups is 1. The quantitative estimate of drug-likeness (QED) is 0.758. The zero-order chi connectivity index (χ0) is 18.4. The molecule has 0 aliphatic carbocycles. The zero-order valence-electron chi connectivity index (χ0n) is 14.9. The van der Waals surface area contributed by atoms with Gasteiger partial charge in [-0.3, -0.25) is 9.69 Å². The van der Waals surface area contributed by atoms with Gasteiger partial charge in [0.2, 0.25) is 5.91 Å². The van der Waals surface area contributed by atoms with E-state index in [1.54, 1.807) is 14.2 Å². The summed E-state index contributed by atoms with van der Waals surface area (Å²) in [5.41, 5.74) is 2.93. The third-order valence-electron chi connectivity index (χ3n) is 3.76. The van der Waals surface area contributed by atoms with E-state index in [1.807, 2.05) is 55.3 Å². The van der Waals surface area contributed by atoms with Crippen molar-refractivity contribution in [3.8, 4) is 11.5 Å². The molecule has 0 bridgehead atoms. The molecule has 0 heterocycles. The molecule has 0 unspecified atom stereocenters. The van der Waals surface area contributed by atoms with Gasteiger partial charge < -0.3 is 14.8 Å². The summed E-state index contributed by atoms with van der Waals surface area (Å²) in [5, 5.41) is 2.92. The van der Waals surface area contributed by atoms with Crippen molar-refractivity contribution in [2.24, 2.45) is 0 Å². The number of likely N-dealkylation sites (N-methyl/N-ethyl adjacent to an activating group) is 1. The lowest BCUT2D eigenvalue weighted by atomic mass is 10.2. The second-order valence-corrected chi connectivity index (χ2v) is 6.73. The van der Waals surface area contributed by atoms with Crippen LogP contribution in [0.3, 0.4) is 0 Å². The number of nitrogens with zero attached hydrogens (tertiary/aromatic N) is 1. The Hall–Kier alpha value is -2.05. The standard InChI is InChI=1S/C19H23BrN2O3/c1-13-9-15(6-7-16(13)20)21-19(23)12-22(2)11-14-5-8-17(24-3)18(10-14)25-4/h5-10H,11-12H2,1-4H3,(H,21,23). The fourth-order valence-corrected chi connectivity index (χ4v) is 2.76. The lowest BCUT2D eigenvalue weighted by molar-refractivity contribution is -0.117. The van der Waals surface area contributed by atoms with E-state index >= 15 is 0 Å². The van der Waals surface area contributed by atoms with Crippen molar-refractivity contribution < 1.29 is 14.3 Å². The van der Waals surface area contributed by atoms with Gasteiger partial charge in [0.1, 0.15) is 0 Å². The van der Waals surface area contributed by atoms with Crippen LogP contribution in [0.25, 0.3) is 0 Å². The van der Waals surface area contributed by atoms with Gasteiger partial charge in [-0.25, -0.2) is 0 Å². The van der Waals surface area contributed by atoms with Crippen molar-refractivity contribution in [2.75, 3.05) is 33.1 Å². The highest BCUT2D eigenvalue weighted by molar-refractivity contribution is 9.10. The van der Waals surface area contributed by atoms with Gasteiger partial charge in [0, 0.05) is 16.7 Å². The van der Waals surface area contributed by atoms with E-state index < -0.39 is 0 Å². The highest BCUT2D eigenvalue weighted by atomic mass is 79.9. The number of halogens is 1. The summed E-state index contributed by atoms with van der Waals surface area (Å²) in [5.74, 6) is 1.32. The Labute approximate surface area is 157 Å². The second kappa shape index (κ2) is 8.87. The van der Waals surface area contributed by atoms with Crippen LogP contribution < -0.4 is 14.8 Å². The van der Waals surface area contributed by atoms with Crippen LogP contribution in [-0.2, 0) is 11.3 Å². The molecule has 2 rings (SSSR count). The maximum absolute atomic E-state index is 12.2. The minimum atomic E-state index is -0.0512. The van der Waals surface area contributed by atoms with Crippen LogP contribution in [0.4, 0.5) is 5.69 Å². The maximum Gasteiger partial charge on any atom is 0.238 e. The molecule has 1 N–H and O–H groups in total. The van der Waals surface area contributed by atoms with Gasteiger partial charge in [0.25, 0.3) is 0 Å². The van der Waals surface area contributed by atoms with Crippen molar-refractivity contribution in [1.82, 2.24) is 4.90 Å². The predicted molar refractivity (Wildman–Crippen MR) is 103 cm³/mol. The Kier molecular flexibility index (Phi) is 6.84. The molecule has 25 heavy (non-hydrogen) atoms. The number of methoxy groups -OCH3 is 2. The Morgan fingerprint density at radius 2 is 1.84 bits per heavy atom. The first-order valence-electron chi connectivity index (χ1n) is 7.88. The van der Waals surface area contributed by atoms with Crippen LogP contribution >= 0.6 is 15.9 Å². The van der Waals surface area contributed by atoms with E-state index in [9.17, 15) is 4.79 Å². The van der Waals surface area contributed by atoms with Crippen molar-refractivity contribution >= 4 is 27.5 Å². The molecule has 5 nitrogen and oxygen atoms in total. The van der Waals surface area contributed by atoms with E-state index in [0.717, 1.165) is 21.3 Å². The average molecular weight is 407 g/mol. The van der Waals surface area contributed by atoms with Crippen LogP contribution in [0.1, 0.15) is 11.1 Å². The Morgan fingerprint density at radius 3 is 2.48 bits per heavy atom. The molecule has 0 spiro atoms. The van der Waals surface area contributed by atoms with Crippen LogP contribution in [-0.4, -0.2) is 38.6 Å². The van der Waals surface area contributed by atoms with E-state index in [4.69, 9.17) is 9.47 Å². The van der Waals surface area contributed by atoms with E-state index in [1.165, 1.54) is 0 Å². The highest BCUT2D eigenvalue weighted by Crippen LogP contribution is 2.28. The molecular formula is C19H23BrN2O3. The monoisotopic (exact) mass is 406 g/mol. The number of hydrogen-bond donors (Lipinski definition) is 1. The molecule has 2 aromatic rings. The van der Waals surface area contributed by atoms with Crippen LogP contribution in [0.5, 0.6) is 11.5 Å². The fraction of sp³-hybridized carbons (Fsp3) is 0.316. The van der Waals surface area contributed by atoms with Gasteiger partial charge >= 0.3 is 0 Å². The summed E-state index contributed by atoms with van der Waals surface area (Å²) in [6, 6.07) is 11.5. The molecule has 2 aromatic carbocycles. The predicted octanol–water partition coefficient (Wildman–Crippen LogP) is 3.85. The number of rotatable bonds is 7. The molecule has 1 amide bonds. The molecule has 134 valence electrons. The van der Waals surface area contributed by atoms with Gasteiger partial charge in [-0.05, 0) is 55.4 Å². The number of hydrogen-bond acceptors (Lipinski definition) is 4. The lowest BCUT2D eigenvalue weighted by Gasteiger charge is -2.17. The van der Waals surface area contributed by atoms with E-state index in [0.29, 0.717) is 24.6 Å². The van der Waals surface area contributed by atoms with Gasteiger partial charge in [-0.15, -0.1) is 0 Å². The zero-order valence-corrected chi connectivity index (χ0v) is 16.5. The smallest absolute Gasteiger partial charge is 0.238 e. The molecular weight excluding hydrogens is 384 g/mol. The molecule has 0 atom stereocenters. The summed E-state index contributed by atoms with van der Waals surface area (Å²) in [6.45, 7) is 2.92. The number of nitrogens with one attached hydrogen (secondary N) is 1. The van der Waals surface area contributed by atoms with Crippen molar-refractivity contribution in [3.05, 3.63) is 52.0 Å². The topological polar surface area (TPSA) is 50.8 Å². The second-order valence-electron chi connectivity index (χ2n) is 5.87. The lowest BCUT2D eigenvalue weighted by Crippen LogP contribution is -2.29. The van der Waals surface area contributed by atoms with Gasteiger partial charge in [-0.2, -0.15) is 0 Å². The number of amides is 1. The Balaban J connectivity index is 1.94. The first-order chi connectivity index (χ1) is 11.9. The van der Waals surface area contributed by atoms with Crippen molar-refractivity contribution in [3.63, 3.8) is 0 Å². The highest BCUT2D eigenvalue weighted by Gasteiger charge is 2.10. The first kappa shape index (κ1) is 19.3. The average Bonchev–Trinajstić information content (AvgIpc) is 2.57. The Bertz CT molecular complexity index is 749. The summed E-state index contributed by atoms with van der Waals surface area (Å²) in [4.78, 5) is 14.2. The maximum atomic E-state index is 12.2. The molecule has 0 saturated heterocycles. The molecule has 0 aliphatic rings. The minimum Gasteiger partial charge on any atom is -0.493 e. The van der Waals surface area contributed by atoms with E-state index in [-0.39, 0.29) is 5.91 Å². The third kappa shape index (κ3) is 5.47. The molecule has 0 radical (unpaired) electrons. The molecule has 6 heteroatoms. The summed E-state index contributed by atoms with van der Waals surface area (Å²) in [7, 11) is 5.12. The van der Waals surface area contributed by atoms with Crippen molar-refractivity contribution in [1.29, 1.82) is 0 Å². The van der Waals surface area contributed by atoms with E-state index in [2.05, 4.69) is 21.2 Å². The molecule has 0 fully saturated rings.